The molecule has 0 saturated carbocycles. The number of nitrogens with zero attached hydrogens (tertiary/aromatic N) is 1. The number of hydrogen-bond acceptors (Lipinski definition) is 4. The van der Waals surface area contributed by atoms with E-state index < -0.39 is 33.3 Å². The lowest BCUT2D eigenvalue weighted by molar-refractivity contribution is -0.123. The highest BCUT2D eigenvalue weighted by Crippen LogP contribution is 2.41. The van der Waals surface area contributed by atoms with E-state index in [4.69, 9.17) is 16.7 Å². The summed E-state index contributed by atoms with van der Waals surface area (Å²) in [5, 5.41) is 10.2. The Hall–Kier alpha value is -2.53. The molecule has 184 valence electrons. The normalized spacial score (nSPS) is 16.3. The van der Waals surface area contributed by atoms with Crippen LogP contribution in [0.3, 0.4) is 0 Å². The van der Waals surface area contributed by atoms with Crippen LogP contribution in [0.15, 0.2) is 36.4 Å². The topological polar surface area (TPSA) is 122 Å². The number of hydrogen-bond donors (Lipinski definition) is 3. The van der Waals surface area contributed by atoms with Crippen LogP contribution in [0.4, 0.5) is 10.1 Å². The van der Waals surface area contributed by atoms with Crippen LogP contribution in [0, 0.1) is 5.82 Å². The first-order chi connectivity index (χ1) is 15.9. The van der Waals surface area contributed by atoms with Gasteiger partial charge in [-0.25, -0.2) is 9.53 Å². The number of halogens is 2. The molecule has 1 aliphatic heterocycles. The quantitative estimate of drug-likeness (QED) is 0.552. The van der Waals surface area contributed by atoms with Crippen LogP contribution in [-0.4, -0.2) is 44.7 Å². The summed E-state index contributed by atoms with van der Waals surface area (Å²) < 4.78 is 39.2. The van der Waals surface area contributed by atoms with Crippen LogP contribution in [0.1, 0.15) is 54.1 Å². The molecule has 0 aromatic heterocycles. The Labute approximate surface area is 203 Å². The van der Waals surface area contributed by atoms with Gasteiger partial charge in [0, 0.05) is 20.1 Å². The standard InChI is InChI=1S/C23H28ClFN4O4S/c1-14(2)15-6-4-5-7-17(15)23(8-10-29(11-9-23)34(26,32)33)22(31)28-20-13-19(25)18(24)12-16(20)21(30)27-3/h4-7,12-14H,8-11H2,1-3H3,(H,27,30)(H,28,31)(H2,26,32,33). The van der Waals surface area contributed by atoms with Crippen molar-refractivity contribution in [3.63, 3.8) is 0 Å². The monoisotopic (exact) mass is 510 g/mol. The Morgan fingerprint density at radius 2 is 1.79 bits per heavy atom. The molecule has 0 radical (unpaired) electrons. The maximum atomic E-state index is 14.3. The van der Waals surface area contributed by atoms with E-state index in [2.05, 4.69) is 10.6 Å². The van der Waals surface area contributed by atoms with Crippen molar-refractivity contribution < 1.29 is 22.4 Å². The second-order valence-corrected chi connectivity index (χ2v) is 10.6. The number of benzene rings is 2. The summed E-state index contributed by atoms with van der Waals surface area (Å²) >= 11 is 5.87. The van der Waals surface area contributed by atoms with E-state index in [9.17, 15) is 22.4 Å². The second kappa shape index (κ2) is 9.99. The Bertz CT molecular complexity index is 1210. The Kier molecular flexibility index (Phi) is 7.66. The minimum atomic E-state index is -3.92. The van der Waals surface area contributed by atoms with Crippen LogP contribution in [0.2, 0.25) is 5.02 Å². The highest BCUT2D eigenvalue weighted by atomic mass is 35.5. The number of carbonyl (C=O) groups excluding carboxylic acids is 2. The van der Waals surface area contributed by atoms with Crippen LogP contribution >= 0.6 is 11.6 Å². The van der Waals surface area contributed by atoms with Gasteiger partial charge in [0.1, 0.15) is 5.82 Å². The molecule has 2 aromatic carbocycles. The third-order valence-corrected chi connectivity index (χ3v) is 7.62. The minimum absolute atomic E-state index is 0.0107. The summed E-state index contributed by atoms with van der Waals surface area (Å²) in [4.78, 5) is 26.3. The summed E-state index contributed by atoms with van der Waals surface area (Å²) in [6, 6.07) is 9.64. The van der Waals surface area contributed by atoms with E-state index in [0.717, 1.165) is 27.6 Å². The van der Waals surface area contributed by atoms with Crippen molar-refractivity contribution in [1.29, 1.82) is 0 Å². The SMILES string of the molecule is CNC(=O)c1cc(Cl)c(F)cc1NC(=O)C1(c2ccccc2C(C)C)CCN(S(N)(=O)=O)CC1. The van der Waals surface area contributed by atoms with E-state index in [1.807, 2.05) is 38.1 Å². The van der Waals surface area contributed by atoms with E-state index in [1.54, 1.807) is 0 Å². The summed E-state index contributed by atoms with van der Waals surface area (Å²) in [6.07, 6.45) is 0.314. The fourth-order valence-corrected chi connectivity index (χ4v) is 5.25. The van der Waals surface area contributed by atoms with Gasteiger partial charge in [-0.15, -0.1) is 0 Å². The highest BCUT2D eigenvalue weighted by molar-refractivity contribution is 7.86. The maximum absolute atomic E-state index is 14.3. The predicted molar refractivity (Wildman–Crippen MR) is 130 cm³/mol. The van der Waals surface area contributed by atoms with Gasteiger partial charge in [0.15, 0.2) is 0 Å². The number of carbonyl (C=O) groups is 2. The zero-order valence-corrected chi connectivity index (χ0v) is 20.8. The molecule has 34 heavy (non-hydrogen) atoms. The number of nitrogens with two attached hydrogens (primary N) is 1. The van der Waals surface area contributed by atoms with E-state index in [1.165, 1.54) is 7.05 Å². The molecule has 1 heterocycles. The van der Waals surface area contributed by atoms with Crippen molar-refractivity contribution in [2.24, 2.45) is 5.14 Å². The van der Waals surface area contributed by atoms with Crippen molar-refractivity contribution in [2.45, 2.75) is 38.0 Å². The summed E-state index contributed by atoms with van der Waals surface area (Å²) in [5.41, 5.74) is 0.555. The van der Waals surface area contributed by atoms with Crippen molar-refractivity contribution in [2.75, 3.05) is 25.5 Å². The lowest BCUT2D eigenvalue weighted by Crippen LogP contribution is -2.52. The molecule has 0 unspecified atom stereocenters. The molecule has 8 nitrogen and oxygen atoms in total. The molecule has 11 heteroatoms. The molecule has 1 fully saturated rings. The van der Waals surface area contributed by atoms with E-state index in [-0.39, 0.29) is 48.1 Å². The number of anilines is 1. The number of piperidine rings is 1. The molecule has 0 bridgehead atoms. The maximum Gasteiger partial charge on any atom is 0.276 e. The Morgan fingerprint density at radius 3 is 2.35 bits per heavy atom. The van der Waals surface area contributed by atoms with Gasteiger partial charge < -0.3 is 10.6 Å². The minimum Gasteiger partial charge on any atom is -0.355 e. The zero-order valence-electron chi connectivity index (χ0n) is 19.2. The molecule has 0 atom stereocenters. The van der Waals surface area contributed by atoms with Crippen molar-refractivity contribution >= 4 is 39.3 Å². The van der Waals surface area contributed by atoms with Gasteiger partial charge >= 0.3 is 0 Å². The van der Waals surface area contributed by atoms with Crippen molar-refractivity contribution in [1.82, 2.24) is 9.62 Å². The first kappa shape index (κ1) is 26.1. The Balaban J connectivity index is 2.10. The van der Waals surface area contributed by atoms with E-state index >= 15 is 0 Å². The van der Waals surface area contributed by atoms with Crippen LogP contribution in [0.25, 0.3) is 0 Å². The van der Waals surface area contributed by atoms with Crippen molar-refractivity contribution in [3.8, 4) is 0 Å². The molecular formula is C23H28ClFN4O4S. The third kappa shape index (κ3) is 5.10. The van der Waals surface area contributed by atoms with Gasteiger partial charge in [-0.1, -0.05) is 49.7 Å². The lowest BCUT2D eigenvalue weighted by Gasteiger charge is -2.41. The van der Waals surface area contributed by atoms with Gasteiger partial charge in [-0.05, 0) is 42.0 Å². The number of rotatable bonds is 6. The third-order valence-electron chi connectivity index (χ3n) is 6.25. The highest BCUT2D eigenvalue weighted by Gasteiger charge is 2.46. The molecule has 0 spiro atoms. The first-order valence-corrected chi connectivity index (χ1v) is 12.7. The van der Waals surface area contributed by atoms with Crippen LogP contribution in [-0.2, 0) is 20.4 Å². The average molecular weight is 511 g/mol. The van der Waals surface area contributed by atoms with Gasteiger partial charge in [0.2, 0.25) is 5.91 Å². The molecule has 4 N–H and O–H groups in total. The average Bonchev–Trinajstić information content (AvgIpc) is 2.80. The number of amides is 2. The molecule has 0 aliphatic carbocycles. The molecule has 2 amide bonds. The smallest absolute Gasteiger partial charge is 0.276 e. The second-order valence-electron chi connectivity index (χ2n) is 8.61. The molecule has 1 saturated heterocycles. The Morgan fingerprint density at radius 1 is 1.18 bits per heavy atom. The fraction of sp³-hybridized carbons (Fsp3) is 0.391. The summed E-state index contributed by atoms with van der Waals surface area (Å²) in [7, 11) is -2.51. The van der Waals surface area contributed by atoms with Crippen LogP contribution in [0.5, 0.6) is 0 Å². The first-order valence-electron chi connectivity index (χ1n) is 10.8. The lowest BCUT2D eigenvalue weighted by atomic mass is 9.69. The number of nitrogens with one attached hydrogen (secondary N) is 2. The summed E-state index contributed by atoms with van der Waals surface area (Å²) in [6.45, 7) is 4.08. The van der Waals surface area contributed by atoms with Gasteiger partial charge in [-0.2, -0.15) is 12.7 Å². The van der Waals surface area contributed by atoms with Crippen LogP contribution < -0.4 is 15.8 Å². The van der Waals surface area contributed by atoms with E-state index in [0.29, 0.717) is 0 Å². The summed E-state index contributed by atoms with van der Waals surface area (Å²) in [5.74, 6) is -1.71. The zero-order chi connectivity index (χ0) is 25.3. The molecule has 1 aliphatic rings. The van der Waals surface area contributed by atoms with Gasteiger partial charge in [0.05, 0.1) is 21.7 Å². The predicted octanol–water partition coefficient (Wildman–Crippen LogP) is 3.14. The van der Waals surface area contributed by atoms with Gasteiger partial charge in [0.25, 0.3) is 16.1 Å². The van der Waals surface area contributed by atoms with Crippen molar-refractivity contribution in [3.05, 3.63) is 63.9 Å². The van der Waals surface area contributed by atoms with Gasteiger partial charge in [-0.3, -0.25) is 9.59 Å². The molecule has 3 rings (SSSR count). The molecule has 2 aromatic rings. The molecular weight excluding hydrogens is 483 g/mol. The largest absolute Gasteiger partial charge is 0.355 e. The fourth-order valence-electron chi connectivity index (χ4n) is 4.39.